The number of piperazine rings is 1. The first-order valence-electron chi connectivity index (χ1n) is 11.8. The Bertz CT molecular complexity index is 808. The summed E-state index contributed by atoms with van der Waals surface area (Å²) in [4.78, 5) is 15.6. The Morgan fingerprint density at radius 1 is 1.03 bits per heavy atom. The molecule has 0 bridgehead atoms. The minimum atomic E-state index is 0.289. The first-order chi connectivity index (χ1) is 14.9. The second-order valence-corrected chi connectivity index (χ2v) is 9.71. The predicted octanol–water partition coefficient (Wildman–Crippen LogP) is 3.76. The average molecular weight is 423 g/mol. The van der Waals surface area contributed by atoms with Gasteiger partial charge >= 0.3 is 0 Å². The van der Waals surface area contributed by atoms with Crippen LogP contribution in [0.3, 0.4) is 0 Å². The highest BCUT2D eigenvalue weighted by Crippen LogP contribution is 2.27. The van der Waals surface area contributed by atoms with E-state index in [0.29, 0.717) is 24.4 Å². The molecule has 2 aromatic carbocycles. The number of rotatable bonds is 10. The number of amides is 1. The molecule has 1 amide bonds. The van der Waals surface area contributed by atoms with Crippen LogP contribution in [0.15, 0.2) is 60.7 Å². The monoisotopic (exact) mass is 422 g/mol. The van der Waals surface area contributed by atoms with Gasteiger partial charge in [0.1, 0.15) is 12.6 Å². The third kappa shape index (κ3) is 6.18. The molecule has 3 rings (SSSR count). The Kier molecular flexibility index (Phi) is 8.28. The van der Waals surface area contributed by atoms with Gasteiger partial charge in [-0.05, 0) is 36.9 Å². The molecule has 1 heterocycles. The molecule has 1 saturated heterocycles. The lowest BCUT2D eigenvalue weighted by Crippen LogP contribution is -2.70. The van der Waals surface area contributed by atoms with E-state index in [0.717, 1.165) is 43.4 Å². The molecule has 0 spiro atoms. The van der Waals surface area contributed by atoms with E-state index in [-0.39, 0.29) is 6.04 Å². The lowest BCUT2D eigenvalue weighted by atomic mass is 9.93. The number of hydrogen-bond donors (Lipinski definition) is 1. The van der Waals surface area contributed by atoms with Crippen molar-refractivity contribution in [3.8, 4) is 0 Å². The van der Waals surface area contributed by atoms with Crippen molar-refractivity contribution in [3.05, 3.63) is 71.8 Å². The molecule has 168 valence electrons. The maximum absolute atomic E-state index is 13.4. The van der Waals surface area contributed by atoms with Gasteiger partial charge in [-0.2, -0.15) is 0 Å². The molecule has 1 N–H and O–H groups in total. The van der Waals surface area contributed by atoms with Gasteiger partial charge in [-0.15, -0.1) is 0 Å². The lowest BCUT2D eigenvalue weighted by Gasteiger charge is -2.51. The highest BCUT2D eigenvalue weighted by molar-refractivity contribution is 5.78. The zero-order chi connectivity index (χ0) is 22.3. The van der Waals surface area contributed by atoms with Crippen LogP contribution in [0.4, 0.5) is 0 Å². The second kappa shape index (κ2) is 10.9. The van der Waals surface area contributed by atoms with Gasteiger partial charge in [0.15, 0.2) is 6.54 Å². The number of nitrogens with one attached hydrogen (secondary N) is 1. The number of hydrogen-bond acceptors (Lipinski definition) is 2. The van der Waals surface area contributed by atoms with E-state index >= 15 is 0 Å². The predicted molar refractivity (Wildman–Crippen MR) is 129 cm³/mol. The minimum Gasteiger partial charge on any atom is -0.329 e. The van der Waals surface area contributed by atoms with Gasteiger partial charge in [0, 0.05) is 19.5 Å². The molecule has 31 heavy (non-hydrogen) atoms. The Morgan fingerprint density at radius 3 is 2.23 bits per heavy atom. The van der Waals surface area contributed by atoms with Gasteiger partial charge in [-0.25, -0.2) is 0 Å². The zero-order valence-electron chi connectivity index (χ0n) is 19.8. The number of quaternary nitrogens is 1. The number of nitrogens with zero attached hydrogens (tertiary/aromatic N) is 2. The van der Waals surface area contributed by atoms with Gasteiger partial charge in [0.25, 0.3) is 5.91 Å². The van der Waals surface area contributed by atoms with Crippen molar-refractivity contribution in [1.29, 1.82) is 0 Å². The summed E-state index contributed by atoms with van der Waals surface area (Å²) in [6, 6.07) is 22.0. The van der Waals surface area contributed by atoms with Crippen molar-refractivity contribution in [2.75, 3.05) is 40.3 Å². The summed E-state index contributed by atoms with van der Waals surface area (Å²) in [6.07, 6.45) is 3.04. The summed E-state index contributed by atoms with van der Waals surface area (Å²) < 4.78 is 0.812. The van der Waals surface area contributed by atoms with E-state index in [2.05, 4.69) is 91.8 Å². The summed E-state index contributed by atoms with van der Waals surface area (Å²) in [5, 5.41) is 3.39. The van der Waals surface area contributed by atoms with E-state index in [4.69, 9.17) is 0 Å². The largest absolute Gasteiger partial charge is 0.329 e. The molecule has 0 aliphatic carbocycles. The van der Waals surface area contributed by atoms with Crippen LogP contribution >= 0.6 is 0 Å². The fraction of sp³-hybridized carbons (Fsp3) is 0.519. The van der Waals surface area contributed by atoms with Crippen molar-refractivity contribution in [3.63, 3.8) is 0 Å². The molecule has 2 aromatic rings. The normalized spacial score (nSPS) is 22.7. The standard InChI is InChI=1S/C27H40N3O/c1-22(2)26-20-30(4,25(19-28-3)18-24-14-9-6-10-15-24)21-27(31)29(26)17-11-16-23-12-7-5-8-13-23/h5-10,12-15,22,25-26,28H,11,16-21H2,1-4H3/q+1. The molecule has 4 heteroatoms. The van der Waals surface area contributed by atoms with Crippen molar-refractivity contribution >= 4 is 5.91 Å². The average Bonchev–Trinajstić information content (AvgIpc) is 2.76. The summed E-state index contributed by atoms with van der Waals surface area (Å²) in [6.45, 7) is 7.91. The van der Waals surface area contributed by atoms with Crippen LogP contribution in [0.5, 0.6) is 0 Å². The Balaban J connectivity index is 1.71. The van der Waals surface area contributed by atoms with Gasteiger partial charge in [-0.3, -0.25) is 4.79 Å². The van der Waals surface area contributed by atoms with E-state index in [1.54, 1.807) is 0 Å². The van der Waals surface area contributed by atoms with E-state index in [1.807, 2.05) is 7.05 Å². The molecular formula is C27H40N3O+. The minimum absolute atomic E-state index is 0.289. The molecule has 0 radical (unpaired) electrons. The summed E-state index contributed by atoms with van der Waals surface area (Å²) in [7, 11) is 4.31. The van der Waals surface area contributed by atoms with E-state index in [9.17, 15) is 4.79 Å². The van der Waals surface area contributed by atoms with Crippen LogP contribution < -0.4 is 5.32 Å². The van der Waals surface area contributed by atoms with Crippen LogP contribution in [0.25, 0.3) is 0 Å². The molecule has 4 nitrogen and oxygen atoms in total. The fourth-order valence-electron chi connectivity index (χ4n) is 5.05. The number of carbonyl (C=O) groups excluding carboxylic acids is 1. The molecule has 3 unspecified atom stereocenters. The second-order valence-electron chi connectivity index (χ2n) is 9.71. The quantitative estimate of drug-likeness (QED) is 0.591. The highest BCUT2D eigenvalue weighted by Gasteiger charge is 2.45. The van der Waals surface area contributed by atoms with Crippen LogP contribution in [-0.2, 0) is 17.6 Å². The molecule has 0 saturated carbocycles. The number of likely N-dealkylation sites (N-methyl/N-ethyl adjacent to an activating group) is 2. The Labute approximate surface area is 188 Å². The SMILES string of the molecule is CNCC(Cc1ccccc1)[N+]1(C)CC(=O)N(CCCc2ccccc2)C(C(C)C)C1. The Morgan fingerprint density at radius 2 is 1.65 bits per heavy atom. The maximum Gasteiger partial charge on any atom is 0.278 e. The number of benzene rings is 2. The van der Waals surface area contributed by atoms with Crippen molar-refractivity contribution < 1.29 is 9.28 Å². The fourth-order valence-corrected chi connectivity index (χ4v) is 5.05. The van der Waals surface area contributed by atoms with Crippen molar-refractivity contribution in [2.45, 2.75) is 45.2 Å². The molecule has 1 aliphatic heterocycles. The summed E-state index contributed by atoms with van der Waals surface area (Å²) in [5.41, 5.74) is 2.70. The third-order valence-electron chi connectivity index (χ3n) is 6.93. The molecule has 0 aromatic heterocycles. The van der Waals surface area contributed by atoms with Crippen LogP contribution in [0.1, 0.15) is 31.4 Å². The van der Waals surface area contributed by atoms with Crippen LogP contribution in [-0.4, -0.2) is 67.6 Å². The molecular weight excluding hydrogens is 382 g/mol. The zero-order valence-corrected chi connectivity index (χ0v) is 19.8. The molecule has 1 fully saturated rings. The lowest BCUT2D eigenvalue weighted by molar-refractivity contribution is -0.930. The number of carbonyl (C=O) groups is 1. The van der Waals surface area contributed by atoms with E-state index in [1.165, 1.54) is 11.1 Å². The smallest absolute Gasteiger partial charge is 0.278 e. The van der Waals surface area contributed by atoms with Crippen LogP contribution in [0, 0.1) is 5.92 Å². The van der Waals surface area contributed by atoms with E-state index < -0.39 is 0 Å². The van der Waals surface area contributed by atoms with Gasteiger partial charge in [0.2, 0.25) is 0 Å². The number of aryl methyl sites for hydroxylation is 1. The van der Waals surface area contributed by atoms with Gasteiger partial charge < -0.3 is 14.7 Å². The summed E-state index contributed by atoms with van der Waals surface area (Å²) in [5.74, 6) is 0.764. The van der Waals surface area contributed by atoms with Crippen LogP contribution in [0.2, 0.25) is 0 Å². The maximum atomic E-state index is 13.4. The topological polar surface area (TPSA) is 32.3 Å². The first-order valence-corrected chi connectivity index (χ1v) is 11.8. The van der Waals surface area contributed by atoms with Crippen molar-refractivity contribution in [2.24, 2.45) is 5.92 Å². The van der Waals surface area contributed by atoms with Gasteiger partial charge in [-0.1, -0.05) is 74.5 Å². The first kappa shape index (κ1) is 23.5. The molecule has 1 aliphatic rings. The van der Waals surface area contributed by atoms with Gasteiger partial charge in [0.05, 0.1) is 13.1 Å². The third-order valence-corrected chi connectivity index (χ3v) is 6.93. The highest BCUT2D eigenvalue weighted by atomic mass is 16.2. The van der Waals surface area contributed by atoms with Crippen molar-refractivity contribution in [1.82, 2.24) is 10.2 Å². The Hall–Kier alpha value is -2.17. The summed E-state index contributed by atoms with van der Waals surface area (Å²) >= 11 is 0. The molecule has 3 atom stereocenters.